The average Bonchev–Trinajstić information content (AvgIpc) is 3.22. The average molecular weight is 412 g/mol. The van der Waals surface area contributed by atoms with E-state index >= 15 is 0 Å². The Labute approximate surface area is 181 Å². The number of ether oxygens (including phenoxy) is 1. The van der Waals surface area contributed by atoms with Crippen LogP contribution in [0.1, 0.15) is 56.6 Å². The van der Waals surface area contributed by atoms with Crippen LogP contribution >= 0.6 is 0 Å². The first-order valence-electron chi connectivity index (χ1n) is 11.3. The molecule has 1 fully saturated rings. The van der Waals surface area contributed by atoms with Crippen LogP contribution in [0.4, 0.5) is 0 Å². The zero-order valence-electron chi connectivity index (χ0n) is 18.8. The summed E-state index contributed by atoms with van der Waals surface area (Å²) in [5.74, 6) is 7.16. The normalized spacial score (nSPS) is 26.8. The predicted octanol–water partition coefficient (Wildman–Crippen LogP) is 3.76. The lowest BCUT2D eigenvalue weighted by atomic mass is 9.86. The Kier molecular flexibility index (Phi) is 7.99. The van der Waals surface area contributed by atoms with Crippen molar-refractivity contribution in [2.45, 2.75) is 70.2 Å². The molecule has 0 amide bonds. The summed E-state index contributed by atoms with van der Waals surface area (Å²) in [5, 5.41) is 21.1. The summed E-state index contributed by atoms with van der Waals surface area (Å²) in [6.07, 6.45) is 7.54. The molecule has 1 aromatic rings. The second-order valence-electron chi connectivity index (χ2n) is 9.14. The molecule has 2 aliphatic rings. The summed E-state index contributed by atoms with van der Waals surface area (Å²) in [6.45, 7) is 4.92. The zero-order valence-corrected chi connectivity index (χ0v) is 18.8. The molecule has 6 atom stereocenters. The number of rotatable bonds is 9. The third-order valence-electron chi connectivity index (χ3n) is 6.50. The van der Waals surface area contributed by atoms with Crippen molar-refractivity contribution in [2.75, 3.05) is 20.6 Å². The van der Waals surface area contributed by atoms with Crippen molar-refractivity contribution in [2.24, 2.45) is 11.8 Å². The van der Waals surface area contributed by atoms with Gasteiger partial charge in [-0.05, 0) is 58.3 Å². The van der Waals surface area contributed by atoms with Gasteiger partial charge in [0.1, 0.15) is 11.9 Å². The minimum absolute atomic E-state index is 0.0214. The highest BCUT2D eigenvalue weighted by molar-refractivity contribution is 5.49. The maximum absolute atomic E-state index is 10.7. The number of nitrogens with zero attached hydrogens (tertiary/aromatic N) is 1. The summed E-state index contributed by atoms with van der Waals surface area (Å²) >= 11 is 0. The number of fused-ring (bicyclic) bond motifs is 3. The Morgan fingerprint density at radius 3 is 2.83 bits per heavy atom. The molecule has 30 heavy (non-hydrogen) atoms. The number of aliphatic hydroxyl groups is 2. The van der Waals surface area contributed by atoms with Gasteiger partial charge in [-0.3, -0.25) is 0 Å². The molecule has 1 aliphatic heterocycles. The van der Waals surface area contributed by atoms with Gasteiger partial charge in [0.25, 0.3) is 0 Å². The van der Waals surface area contributed by atoms with E-state index in [0.717, 1.165) is 25.1 Å². The molecular weight excluding hydrogens is 374 g/mol. The van der Waals surface area contributed by atoms with E-state index < -0.39 is 12.2 Å². The molecule has 164 valence electrons. The summed E-state index contributed by atoms with van der Waals surface area (Å²) in [6, 6.07) is 6.45. The fourth-order valence-electron chi connectivity index (χ4n) is 4.72. The fraction of sp³-hybridized carbons (Fsp3) is 0.615. The molecule has 2 N–H and O–H groups in total. The van der Waals surface area contributed by atoms with E-state index in [1.807, 2.05) is 26.0 Å². The van der Waals surface area contributed by atoms with Crippen molar-refractivity contribution in [3.8, 4) is 17.6 Å². The van der Waals surface area contributed by atoms with Crippen LogP contribution < -0.4 is 4.74 Å². The first-order valence-corrected chi connectivity index (χ1v) is 11.3. The number of para-hydroxylation sites is 1. The van der Waals surface area contributed by atoms with E-state index in [9.17, 15) is 10.2 Å². The van der Waals surface area contributed by atoms with Gasteiger partial charge in [-0.15, -0.1) is 11.8 Å². The quantitative estimate of drug-likeness (QED) is 0.369. The van der Waals surface area contributed by atoms with Gasteiger partial charge in [0, 0.05) is 30.2 Å². The summed E-state index contributed by atoms with van der Waals surface area (Å²) in [7, 11) is 4.22. The molecule has 1 saturated carbocycles. The highest BCUT2D eigenvalue weighted by Crippen LogP contribution is 2.52. The van der Waals surface area contributed by atoms with Crippen LogP contribution in [0.2, 0.25) is 0 Å². The molecule has 4 heteroatoms. The number of aliphatic hydroxyl groups excluding tert-OH is 2. The molecule has 3 rings (SSSR count). The van der Waals surface area contributed by atoms with Gasteiger partial charge in [-0.2, -0.15) is 0 Å². The molecule has 0 aromatic heterocycles. The van der Waals surface area contributed by atoms with Crippen LogP contribution in [0.25, 0.3) is 0 Å². The third-order valence-corrected chi connectivity index (χ3v) is 6.50. The molecule has 0 spiro atoms. The number of hydrogen-bond donors (Lipinski definition) is 2. The van der Waals surface area contributed by atoms with Gasteiger partial charge in [-0.1, -0.05) is 37.3 Å². The van der Waals surface area contributed by atoms with Crippen LogP contribution in [-0.2, 0) is 6.42 Å². The van der Waals surface area contributed by atoms with Crippen molar-refractivity contribution >= 4 is 0 Å². The lowest BCUT2D eigenvalue weighted by Crippen LogP contribution is -2.19. The number of unbranched alkanes of at least 4 members (excludes halogenated alkanes) is 1. The first kappa shape index (κ1) is 22.9. The standard InChI is InChI=1S/C26H37NO3/c1-5-6-10-18(2)22(28)15-14-20-23(29)17-24-25(20)21-13-9-12-19(26(21)30-24)11-7-8-16-27(3)4/h9,12-15,18,20,22-25,28-29H,7-8,10-11,16-17H2,1-4H3/b15-14+/t18-,20+,22-,23-,24+,25+/m1/s1. The van der Waals surface area contributed by atoms with Gasteiger partial charge in [0.05, 0.1) is 12.2 Å². The van der Waals surface area contributed by atoms with Crippen LogP contribution in [0.5, 0.6) is 5.75 Å². The van der Waals surface area contributed by atoms with Crippen LogP contribution in [0, 0.1) is 23.7 Å². The monoisotopic (exact) mass is 411 g/mol. The Hall–Kier alpha value is -1.80. The zero-order chi connectivity index (χ0) is 21.7. The second-order valence-corrected chi connectivity index (χ2v) is 9.14. The Bertz CT molecular complexity index is 791. The molecule has 0 unspecified atom stereocenters. The Morgan fingerprint density at radius 2 is 2.10 bits per heavy atom. The third kappa shape index (κ3) is 5.27. The largest absolute Gasteiger partial charge is 0.489 e. The lowest BCUT2D eigenvalue weighted by Gasteiger charge is -2.19. The topological polar surface area (TPSA) is 52.9 Å². The van der Waals surface area contributed by atoms with Crippen molar-refractivity contribution in [3.63, 3.8) is 0 Å². The van der Waals surface area contributed by atoms with E-state index in [1.165, 1.54) is 17.5 Å². The minimum atomic E-state index is -0.554. The molecule has 4 nitrogen and oxygen atoms in total. The van der Waals surface area contributed by atoms with Crippen LogP contribution in [-0.4, -0.2) is 54.1 Å². The predicted molar refractivity (Wildman–Crippen MR) is 122 cm³/mol. The van der Waals surface area contributed by atoms with Gasteiger partial charge >= 0.3 is 0 Å². The summed E-state index contributed by atoms with van der Waals surface area (Å²) < 4.78 is 6.36. The molecule has 0 radical (unpaired) electrons. The van der Waals surface area contributed by atoms with E-state index in [0.29, 0.717) is 12.8 Å². The summed E-state index contributed by atoms with van der Waals surface area (Å²) in [5.41, 5.74) is 2.50. The maximum atomic E-state index is 10.7. The highest BCUT2D eigenvalue weighted by Gasteiger charge is 2.48. The van der Waals surface area contributed by atoms with E-state index in [2.05, 4.69) is 49.0 Å². The Balaban J connectivity index is 1.70. The SMILES string of the molecule is CC#CC[C@@H](C)[C@H](O)/C=C/[C@@H]1[C@H]2c3cccc(CCCCN(C)C)c3O[C@H]2C[C@H]1O. The number of hydrogen-bond acceptors (Lipinski definition) is 4. The van der Waals surface area contributed by atoms with E-state index in [1.54, 1.807) is 0 Å². The number of benzene rings is 1. The van der Waals surface area contributed by atoms with E-state index in [4.69, 9.17) is 4.74 Å². The lowest BCUT2D eigenvalue weighted by molar-refractivity contribution is 0.134. The van der Waals surface area contributed by atoms with Crippen molar-refractivity contribution in [1.29, 1.82) is 0 Å². The van der Waals surface area contributed by atoms with Crippen molar-refractivity contribution in [3.05, 3.63) is 41.5 Å². The summed E-state index contributed by atoms with van der Waals surface area (Å²) in [4.78, 5) is 2.22. The highest BCUT2D eigenvalue weighted by atomic mass is 16.5. The van der Waals surface area contributed by atoms with E-state index in [-0.39, 0.29) is 23.9 Å². The first-order chi connectivity index (χ1) is 14.4. The minimum Gasteiger partial charge on any atom is -0.489 e. The smallest absolute Gasteiger partial charge is 0.126 e. The molecule has 1 heterocycles. The molecule has 0 saturated heterocycles. The van der Waals surface area contributed by atoms with Crippen LogP contribution in [0.15, 0.2) is 30.4 Å². The molecule has 0 bridgehead atoms. The Morgan fingerprint density at radius 1 is 1.30 bits per heavy atom. The fourth-order valence-corrected chi connectivity index (χ4v) is 4.72. The van der Waals surface area contributed by atoms with Gasteiger partial charge in [-0.25, -0.2) is 0 Å². The maximum Gasteiger partial charge on any atom is 0.126 e. The second kappa shape index (κ2) is 10.5. The van der Waals surface area contributed by atoms with Gasteiger partial charge in [0.15, 0.2) is 0 Å². The van der Waals surface area contributed by atoms with Gasteiger partial charge in [0.2, 0.25) is 0 Å². The van der Waals surface area contributed by atoms with Crippen molar-refractivity contribution in [1.82, 2.24) is 4.90 Å². The van der Waals surface area contributed by atoms with Crippen molar-refractivity contribution < 1.29 is 14.9 Å². The molecular formula is C26H37NO3. The molecule has 1 aliphatic carbocycles. The van der Waals surface area contributed by atoms with Crippen LogP contribution in [0.3, 0.4) is 0 Å². The molecule has 1 aromatic carbocycles. The van der Waals surface area contributed by atoms with Gasteiger partial charge < -0.3 is 19.8 Å². The number of aryl methyl sites for hydroxylation is 1.